The van der Waals surface area contributed by atoms with Crippen LogP contribution in [0, 0.1) is 5.92 Å². The van der Waals surface area contributed by atoms with E-state index in [9.17, 15) is 9.90 Å². The number of rotatable bonds is 7. The van der Waals surface area contributed by atoms with Gasteiger partial charge in [0, 0.05) is 16.5 Å². The molecule has 1 atom stereocenters. The normalized spacial score (nSPS) is 17.6. The lowest BCUT2D eigenvalue weighted by Crippen LogP contribution is -2.14. The van der Waals surface area contributed by atoms with Crippen molar-refractivity contribution in [3.63, 3.8) is 0 Å². The Morgan fingerprint density at radius 2 is 2.06 bits per heavy atom. The van der Waals surface area contributed by atoms with Gasteiger partial charge in [-0.25, -0.2) is 0 Å². The first kappa shape index (κ1) is 23.6. The molecule has 0 fully saturated rings. The van der Waals surface area contributed by atoms with Crippen LogP contribution in [0.15, 0.2) is 35.0 Å². The van der Waals surface area contributed by atoms with Crippen molar-refractivity contribution in [1.82, 2.24) is 24.7 Å². The third kappa shape index (κ3) is 4.70. The molecular weight excluding hydrogens is 484 g/mol. The van der Waals surface area contributed by atoms with Crippen molar-refractivity contribution in [2.75, 3.05) is 11.5 Å². The molecule has 5 rings (SSSR count). The number of hydrogen-bond acceptors (Lipinski definition) is 9. The highest BCUT2D eigenvalue weighted by Crippen LogP contribution is 2.38. The molecule has 9 nitrogen and oxygen atoms in total. The van der Waals surface area contributed by atoms with Crippen LogP contribution in [-0.2, 0) is 24.2 Å². The minimum atomic E-state index is -0.919. The lowest BCUT2D eigenvalue weighted by molar-refractivity contribution is -0.133. The van der Waals surface area contributed by atoms with E-state index in [1.165, 1.54) is 22.4 Å². The summed E-state index contributed by atoms with van der Waals surface area (Å²) in [6.07, 6.45) is 12.4. The number of nitrogens with two attached hydrogens (primary N) is 1. The molecule has 11 heteroatoms. The number of aromatic nitrogens is 5. The van der Waals surface area contributed by atoms with Gasteiger partial charge >= 0.3 is 12.0 Å². The number of aryl methyl sites for hydroxylation is 2. The van der Waals surface area contributed by atoms with E-state index < -0.39 is 5.97 Å². The summed E-state index contributed by atoms with van der Waals surface area (Å²) in [7, 11) is 0. The monoisotopic (exact) mass is 510 g/mol. The number of allylic oxidation sites excluding steroid dienone is 6. The fraction of sp³-hybridized carbons (Fsp3) is 0.375. The molecule has 3 N–H and O–H groups in total. The summed E-state index contributed by atoms with van der Waals surface area (Å²) in [5.41, 5.74) is 9.71. The second-order valence-corrected chi connectivity index (χ2v) is 10.6. The highest BCUT2D eigenvalue weighted by Gasteiger charge is 2.24. The zero-order chi connectivity index (χ0) is 24.5. The average Bonchev–Trinajstić information content (AvgIpc) is 3.37. The predicted octanol–water partition coefficient (Wildman–Crippen LogP) is 4.49. The minimum Gasteiger partial charge on any atom is -0.481 e. The molecule has 2 aliphatic carbocycles. The van der Waals surface area contributed by atoms with Crippen molar-refractivity contribution in [1.29, 1.82) is 0 Å². The quantitative estimate of drug-likeness (QED) is 0.442. The van der Waals surface area contributed by atoms with Crippen molar-refractivity contribution >= 4 is 50.8 Å². The molecule has 3 aromatic heterocycles. The van der Waals surface area contributed by atoms with Crippen LogP contribution in [0.3, 0.4) is 0 Å². The van der Waals surface area contributed by atoms with E-state index in [1.54, 1.807) is 11.3 Å². The van der Waals surface area contributed by atoms with Gasteiger partial charge in [0.15, 0.2) is 17.6 Å². The van der Waals surface area contributed by atoms with Gasteiger partial charge in [-0.05, 0) is 44.2 Å². The van der Waals surface area contributed by atoms with Gasteiger partial charge in [-0.2, -0.15) is 9.97 Å². The number of thioether (sulfide) groups is 1. The van der Waals surface area contributed by atoms with Crippen LogP contribution >= 0.6 is 23.1 Å². The number of hydrogen-bond donors (Lipinski definition) is 2. The molecule has 35 heavy (non-hydrogen) atoms. The minimum absolute atomic E-state index is 0.0627. The Bertz CT molecular complexity index is 1390. The number of nitrogens with zero attached hydrogens (tertiary/aromatic N) is 5. The zero-order valence-corrected chi connectivity index (χ0v) is 21.2. The SMILES string of the molecule is CC1=CC=CC=C(n2c(COc3nc(N)c4c5c(sc4n3)CCCC5)nnc2SCC(=O)O)C1C. The van der Waals surface area contributed by atoms with E-state index in [2.05, 4.69) is 40.1 Å². The smallest absolute Gasteiger partial charge is 0.320 e. The van der Waals surface area contributed by atoms with Crippen LogP contribution < -0.4 is 10.5 Å². The van der Waals surface area contributed by atoms with Gasteiger partial charge in [0.1, 0.15) is 10.6 Å². The Balaban J connectivity index is 1.46. The number of carboxylic acids is 1. The number of ether oxygens (including phenoxy) is 1. The summed E-state index contributed by atoms with van der Waals surface area (Å²) in [4.78, 5) is 22.4. The van der Waals surface area contributed by atoms with Gasteiger partial charge in [-0.3, -0.25) is 9.36 Å². The van der Waals surface area contributed by atoms with Gasteiger partial charge in [0.05, 0.1) is 11.1 Å². The standard InChI is InChI=1S/C24H26N6O3S2/c1-13-7-3-5-9-16(14(13)2)30-18(28-29-24(30)34-12-19(31)32)11-33-23-26-21(25)20-15-8-4-6-10-17(15)35-22(20)27-23/h3,5,7,9,14H,4,6,8,10-12H2,1-2H3,(H,31,32)(H2,25,26,27). The number of thiophene rings is 1. The van der Waals surface area contributed by atoms with Crippen LogP contribution in [0.25, 0.3) is 15.9 Å². The number of fused-ring (bicyclic) bond motifs is 3. The van der Waals surface area contributed by atoms with Crippen LogP contribution in [0.4, 0.5) is 5.82 Å². The average molecular weight is 511 g/mol. The molecule has 0 aliphatic heterocycles. The molecule has 2 aliphatic rings. The Hall–Kier alpha value is -3.18. The molecule has 0 saturated carbocycles. The van der Waals surface area contributed by atoms with Gasteiger partial charge in [-0.1, -0.05) is 42.5 Å². The number of anilines is 1. The van der Waals surface area contributed by atoms with Crippen LogP contribution in [-0.4, -0.2) is 41.6 Å². The zero-order valence-electron chi connectivity index (χ0n) is 19.5. The number of nitrogen functional groups attached to an aromatic ring is 1. The molecule has 0 aromatic carbocycles. The summed E-state index contributed by atoms with van der Waals surface area (Å²) >= 11 is 2.79. The van der Waals surface area contributed by atoms with Gasteiger partial charge in [0.25, 0.3) is 0 Å². The summed E-state index contributed by atoms with van der Waals surface area (Å²) in [5.74, 6) is 0.00746. The highest BCUT2D eigenvalue weighted by molar-refractivity contribution is 7.99. The summed E-state index contributed by atoms with van der Waals surface area (Å²) in [5, 5.41) is 19.2. The van der Waals surface area contributed by atoms with E-state index in [0.717, 1.165) is 46.9 Å². The maximum Gasteiger partial charge on any atom is 0.320 e. The topological polar surface area (TPSA) is 129 Å². The van der Waals surface area contributed by atoms with E-state index in [4.69, 9.17) is 10.5 Å². The molecule has 0 spiro atoms. The fourth-order valence-electron chi connectivity index (χ4n) is 4.38. The molecule has 3 aromatic rings. The lowest BCUT2D eigenvalue weighted by atomic mass is 9.97. The van der Waals surface area contributed by atoms with E-state index in [-0.39, 0.29) is 24.3 Å². The van der Waals surface area contributed by atoms with Gasteiger partial charge < -0.3 is 15.6 Å². The van der Waals surface area contributed by atoms with E-state index in [1.807, 2.05) is 22.8 Å². The van der Waals surface area contributed by atoms with Crippen LogP contribution in [0.5, 0.6) is 6.01 Å². The number of carboxylic acid groups (broad SMARTS) is 1. The van der Waals surface area contributed by atoms with Crippen molar-refractivity contribution in [2.24, 2.45) is 5.92 Å². The third-order valence-electron chi connectivity index (χ3n) is 6.30. The first-order valence-corrected chi connectivity index (χ1v) is 13.3. The second kappa shape index (κ2) is 9.82. The van der Waals surface area contributed by atoms with Crippen molar-refractivity contribution in [3.05, 3.63) is 46.1 Å². The Morgan fingerprint density at radius 1 is 1.26 bits per heavy atom. The Kier molecular flexibility index (Phi) is 6.61. The predicted molar refractivity (Wildman–Crippen MR) is 138 cm³/mol. The lowest BCUT2D eigenvalue weighted by Gasteiger charge is -2.20. The van der Waals surface area contributed by atoms with Crippen molar-refractivity contribution in [3.8, 4) is 6.01 Å². The van der Waals surface area contributed by atoms with Gasteiger partial charge in [0.2, 0.25) is 0 Å². The maximum atomic E-state index is 11.2. The molecule has 0 radical (unpaired) electrons. The van der Waals surface area contributed by atoms with E-state index >= 15 is 0 Å². The van der Waals surface area contributed by atoms with Gasteiger partial charge in [-0.15, -0.1) is 21.5 Å². The highest BCUT2D eigenvalue weighted by atomic mass is 32.2. The Morgan fingerprint density at radius 3 is 2.89 bits per heavy atom. The molecule has 0 bridgehead atoms. The largest absolute Gasteiger partial charge is 0.481 e. The molecule has 182 valence electrons. The molecule has 1 unspecified atom stereocenters. The number of carbonyl (C=O) groups is 1. The Labute approximate surface area is 210 Å². The molecular formula is C24H26N6O3S2. The van der Waals surface area contributed by atoms with Crippen molar-refractivity contribution < 1.29 is 14.6 Å². The number of aliphatic carboxylic acids is 1. The van der Waals surface area contributed by atoms with Crippen LogP contribution in [0.2, 0.25) is 0 Å². The first-order valence-electron chi connectivity index (χ1n) is 11.5. The van der Waals surface area contributed by atoms with Crippen molar-refractivity contribution in [2.45, 2.75) is 51.3 Å². The summed E-state index contributed by atoms with van der Waals surface area (Å²) < 4.78 is 7.84. The van der Waals surface area contributed by atoms with E-state index in [0.29, 0.717) is 16.8 Å². The molecule has 3 heterocycles. The fourth-order valence-corrected chi connectivity index (χ4v) is 6.34. The summed E-state index contributed by atoms with van der Waals surface area (Å²) in [6.45, 7) is 4.22. The first-order chi connectivity index (χ1) is 16.9. The molecule has 0 saturated heterocycles. The summed E-state index contributed by atoms with van der Waals surface area (Å²) in [6, 6.07) is 0.196. The maximum absolute atomic E-state index is 11.2. The van der Waals surface area contributed by atoms with Crippen LogP contribution in [0.1, 0.15) is 43.0 Å². The molecule has 0 amide bonds. The third-order valence-corrected chi connectivity index (χ3v) is 8.40. The second-order valence-electron chi connectivity index (χ2n) is 8.60.